The first-order chi connectivity index (χ1) is 8.42. The van der Waals surface area contributed by atoms with Crippen LogP contribution in [0.15, 0.2) is 35.9 Å². The summed E-state index contributed by atoms with van der Waals surface area (Å²) in [5, 5.41) is 0. The number of ether oxygens (including phenoxy) is 2. The maximum Gasteiger partial charge on any atom is 0.336 e. The number of benzene rings is 1. The van der Waals surface area contributed by atoms with Gasteiger partial charge in [-0.25, -0.2) is 4.79 Å². The molecule has 0 saturated heterocycles. The Hall–Kier alpha value is -1.61. The molecule has 0 unspecified atom stereocenters. The van der Waals surface area contributed by atoms with Crippen LogP contribution in [0.5, 0.6) is 0 Å². The van der Waals surface area contributed by atoms with E-state index in [2.05, 4.69) is 0 Å². The van der Waals surface area contributed by atoms with Crippen molar-refractivity contribution in [3.63, 3.8) is 0 Å². The Labute approximate surface area is 108 Å². The zero-order valence-electron chi connectivity index (χ0n) is 11.4. The molecule has 0 fully saturated rings. The number of esters is 1. The standard InChI is InChI=1S/C15H20O3/c1-15(2,3)18-14(16)13(11-17-4)10-12-8-6-5-7-9-12/h5-10H,11H2,1-4H3. The quantitative estimate of drug-likeness (QED) is 0.607. The largest absolute Gasteiger partial charge is 0.457 e. The fourth-order valence-corrected chi connectivity index (χ4v) is 1.41. The van der Waals surface area contributed by atoms with Crippen LogP contribution in [0.1, 0.15) is 26.3 Å². The van der Waals surface area contributed by atoms with Gasteiger partial charge < -0.3 is 9.47 Å². The summed E-state index contributed by atoms with van der Waals surface area (Å²) in [6.45, 7) is 5.78. The SMILES string of the molecule is COCC(=Cc1ccccc1)C(=O)OC(C)(C)C. The van der Waals surface area contributed by atoms with Crippen molar-refractivity contribution < 1.29 is 14.3 Å². The number of carbonyl (C=O) groups excluding carboxylic acids is 1. The minimum atomic E-state index is -0.499. The Morgan fingerprint density at radius 2 is 1.83 bits per heavy atom. The van der Waals surface area contributed by atoms with Gasteiger partial charge in [0.25, 0.3) is 0 Å². The van der Waals surface area contributed by atoms with E-state index < -0.39 is 5.60 Å². The summed E-state index contributed by atoms with van der Waals surface area (Å²) < 4.78 is 10.4. The van der Waals surface area contributed by atoms with Crippen LogP contribution in [-0.4, -0.2) is 25.3 Å². The number of hydrogen-bond donors (Lipinski definition) is 0. The van der Waals surface area contributed by atoms with Crippen molar-refractivity contribution in [2.24, 2.45) is 0 Å². The van der Waals surface area contributed by atoms with Gasteiger partial charge in [-0.2, -0.15) is 0 Å². The molecule has 0 radical (unpaired) electrons. The Balaban J connectivity index is 2.89. The second-order valence-electron chi connectivity index (χ2n) is 5.02. The van der Waals surface area contributed by atoms with E-state index in [0.29, 0.717) is 5.57 Å². The van der Waals surface area contributed by atoms with Crippen molar-refractivity contribution >= 4 is 12.0 Å². The number of hydrogen-bond acceptors (Lipinski definition) is 3. The van der Waals surface area contributed by atoms with E-state index in [1.165, 1.54) is 0 Å². The molecular formula is C15H20O3. The van der Waals surface area contributed by atoms with Crippen molar-refractivity contribution in [3.8, 4) is 0 Å². The predicted octanol–water partition coefficient (Wildman–Crippen LogP) is 3.06. The first kappa shape index (κ1) is 14.5. The molecule has 1 aromatic carbocycles. The first-order valence-corrected chi connectivity index (χ1v) is 5.90. The molecule has 0 aliphatic rings. The van der Waals surface area contributed by atoms with Crippen LogP contribution in [0.2, 0.25) is 0 Å². The summed E-state index contributed by atoms with van der Waals surface area (Å²) in [6, 6.07) is 9.64. The van der Waals surface area contributed by atoms with Gasteiger partial charge in [0.2, 0.25) is 0 Å². The summed E-state index contributed by atoms with van der Waals surface area (Å²) in [7, 11) is 1.56. The fourth-order valence-electron chi connectivity index (χ4n) is 1.41. The highest BCUT2D eigenvalue weighted by Crippen LogP contribution is 2.14. The van der Waals surface area contributed by atoms with E-state index in [4.69, 9.17) is 9.47 Å². The second-order valence-corrected chi connectivity index (χ2v) is 5.02. The van der Waals surface area contributed by atoms with Crippen LogP contribution >= 0.6 is 0 Å². The van der Waals surface area contributed by atoms with Crippen molar-refractivity contribution in [2.75, 3.05) is 13.7 Å². The molecule has 1 aromatic rings. The van der Waals surface area contributed by atoms with Gasteiger partial charge in [0.05, 0.1) is 12.2 Å². The fraction of sp³-hybridized carbons (Fsp3) is 0.400. The molecule has 3 nitrogen and oxygen atoms in total. The normalized spacial score (nSPS) is 12.3. The lowest BCUT2D eigenvalue weighted by atomic mass is 10.1. The van der Waals surface area contributed by atoms with Crippen molar-refractivity contribution in [1.29, 1.82) is 0 Å². The molecule has 0 spiro atoms. The highest BCUT2D eigenvalue weighted by Gasteiger charge is 2.19. The van der Waals surface area contributed by atoms with Gasteiger partial charge in [0.1, 0.15) is 5.60 Å². The van der Waals surface area contributed by atoms with Gasteiger partial charge in [-0.1, -0.05) is 30.3 Å². The molecule has 0 atom stereocenters. The van der Waals surface area contributed by atoms with Crippen LogP contribution in [0.4, 0.5) is 0 Å². The topological polar surface area (TPSA) is 35.5 Å². The van der Waals surface area contributed by atoms with Gasteiger partial charge in [0, 0.05) is 7.11 Å². The highest BCUT2D eigenvalue weighted by molar-refractivity contribution is 5.94. The average molecular weight is 248 g/mol. The number of methoxy groups -OCH3 is 1. The zero-order valence-corrected chi connectivity index (χ0v) is 11.4. The van der Waals surface area contributed by atoms with Crippen LogP contribution in [0.25, 0.3) is 6.08 Å². The van der Waals surface area contributed by atoms with E-state index in [9.17, 15) is 4.79 Å². The molecule has 98 valence electrons. The van der Waals surface area contributed by atoms with E-state index in [1.807, 2.05) is 51.1 Å². The Morgan fingerprint density at radius 3 is 2.33 bits per heavy atom. The van der Waals surface area contributed by atoms with Gasteiger partial charge >= 0.3 is 5.97 Å². The summed E-state index contributed by atoms with van der Waals surface area (Å²) in [4.78, 5) is 12.0. The summed E-state index contributed by atoms with van der Waals surface area (Å²) in [5.74, 6) is -0.340. The lowest BCUT2D eigenvalue weighted by Crippen LogP contribution is -2.26. The molecule has 0 heterocycles. The molecule has 0 amide bonds. The second kappa shape index (κ2) is 6.36. The molecule has 0 aliphatic heterocycles. The van der Waals surface area contributed by atoms with Crippen LogP contribution < -0.4 is 0 Å². The van der Waals surface area contributed by atoms with Crippen LogP contribution in [-0.2, 0) is 14.3 Å². The lowest BCUT2D eigenvalue weighted by molar-refractivity contribution is -0.150. The monoisotopic (exact) mass is 248 g/mol. The summed E-state index contributed by atoms with van der Waals surface area (Å²) in [5.41, 5.74) is 0.967. The Morgan fingerprint density at radius 1 is 1.22 bits per heavy atom. The maximum absolute atomic E-state index is 12.0. The van der Waals surface area contributed by atoms with Crippen LogP contribution in [0, 0.1) is 0 Å². The molecule has 3 heteroatoms. The van der Waals surface area contributed by atoms with E-state index >= 15 is 0 Å². The number of carbonyl (C=O) groups is 1. The van der Waals surface area contributed by atoms with Gasteiger partial charge in [-0.05, 0) is 32.4 Å². The molecule has 1 rings (SSSR count). The van der Waals surface area contributed by atoms with Gasteiger partial charge in [0.15, 0.2) is 0 Å². The van der Waals surface area contributed by atoms with Crippen molar-refractivity contribution in [1.82, 2.24) is 0 Å². The number of rotatable bonds is 4. The molecule has 0 N–H and O–H groups in total. The summed E-state index contributed by atoms with van der Waals surface area (Å²) >= 11 is 0. The Kier molecular flexibility index (Phi) is 5.10. The third kappa shape index (κ3) is 5.15. The molecule has 0 saturated carbocycles. The molecule has 0 aliphatic carbocycles. The minimum absolute atomic E-state index is 0.240. The molecular weight excluding hydrogens is 228 g/mol. The van der Waals surface area contributed by atoms with Crippen LogP contribution in [0.3, 0.4) is 0 Å². The molecule has 0 aromatic heterocycles. The molecule has 18 heavy (non-hydrogen) atoms. The van der Waals surface area contributed by atoms with Gasteiger partial charge in [-0.3, -0.25) is 0 Å². The van der Waals surface area contributed by atoms with Crippen molar-refractivity contribution in [2.45, 2.75) is 26.4 Å². The minimum Gasteiger partial charge on any atom is -0.457 e. The van der Waals surface area contributed by atoms with Gasteiger partial charge in [-0.15, -0.1) is 0 Å². The average Bonchev–Trinajstić information content (AvgIpc) is 2.27. The van der Waals surface area contributed by atoms with E-state index in [0.717, 1.165) is 5.56 Å². The summed E-state index contributed by atoms with van der Waals surface area (Å²) in [6.07, 6.45) is 1.79. The van der Waals surface area contributed by atoms with E-state index in [1.54, 1.807) is 13.2 Å². The Bertz CT molecular complexity index is 413. The zero-order chi connectivity index (χ0) is 13.6. The lowest BCUT2D eigenvalue weighted by Gasteiger charge is -2.20. The smallest absolute Gasteiger partial charge is 0.336 e. The van der Waals surface area contributed by atoms with Crippen molar-refractivity contribution in [3.05, 3.63) is 41.5 Å². The predicted molar refractivity (Wildman–Crippen MR) is 72.1 cm³/mol. The third-order valence-electron chi connectivity index (χ3n) is 2.10. The highest BCUT2D eigenvalue weighted by atomic mass is 16.6. The third-order valence-corrected chi connectivity index (χ3v) is 2.10. The maximum atomic E-state index is 12.0. The molecule has 0 bridgehead atoms. The van der Waals surface area contributed by atoms with E-state index in [-0.39, 0.29) is 12.6 Å². The first-order valence-electron chi connectivity index (χ1n) is 5.90.